The minimum absolute atomic E-state index is 0.131. The molecule has 0 bridgehead atoms. The van der Waals surface area contributed by atoms with Crippen LogP contribution in [0.5, 0.6) is 0 Å². The molecule has 23 heavy (non-hydrogen) atoms. The lowest BCUT2D eigenvalue weighted by molar-refractivity contribution is -0.140. The number of carbonyl (C=O) groups is 2. The highest BCUT2D eigenvalue weighted by Gasteiger charge is 2.31. The van der Waals surface area contributed by atoms with Crippen LogP contribution in [0.2, 0.25) is 0 Å². The van der Waals surface area contributed by atoms with E-state index in [0.29, 0.717) is 23.1 Å². The lowest BCUT2D eigenvalue weighted by Crippen LogP contribution is -2.42. The summed E-state index contributed by atoms with van der Waals surface area (Å²) in [5, 5.41) is 5.33. The molecule has 0 saturated carbocycles. The normalized spacial score (nSPS) is 14.5. The van der Waals surface area contributed by atoms with Gasteiger partial charge in [0, 0.05) is 23.3 Å². The van der Waals surface area contributed by atoms with E-state index in [-0.39, 0.29) is 17.2 Å². The minimum atomic E-state index is -0.377. The number of hydrogen-bond donors (Lipinski definition) is 1. The maximum Gasteiger partial charge on any atom is 0.267 e. The number of anilines is 1. The number of carbonyl (C=O) groups excluding carboxylic acids is 2. The van der Waals surface area contributed by atoms with Gasteiger partial charge in [0.25, 0.3) is 5.91 Å². The summed E-state index contributed by atoms with van der Waals surface area (Å²) < 4.78 is 0. The molecule has 122 valence electrons. The second-order valence-electron chi connectivity index (χ2n) is 6.55. The Kier molecular flexibility index (Phi) is 4.25. The average molecular weight is 349 g/mol. The van der Waals surface area contributed by atoms with Crippen LogP contribution in [0.3, 0.4) is 0 Å². The third-order valence-corrected chi connectivity index (χ3v) is 5.49. The highest BCUT2D eigenvalue weighted by atomic mass is 32.1. The SMILES string of the molecule is CC(C)(C)C(=O)N1CCc2nc(NC(=O)c3cccs3)sc2C1. The molecular weight excluding hydrogens is 330 g/mol. The molecule has 2 amide bonds. The lowest BCUT2D eigenvalue weighted by atomic mass is 9.94. The third-order valence-electron chi connectivity index (χ3n) is 3.63. The fraction of sp³-hybridized carbons (Fsp3) is 0.438. The molecule has 5 nitrogen and oxygen atoms in total. The Hall–Kier alpha value is -1.73. The first-order chi connectivity index (χ1) is 10.8. The minimum Gasteiger partial charge on any atom is -0.337 e. The van der Waals surface area contributed by atoms with Gasteiger partial charge in [-0.05, 0) is 11.4 Å². The predicted octanol–water partition coefficient (Wildman–Crippen LogP) is 3.39. The molecule has 3 rings (SSSR count). The van der Waals surface area contributed by atoms with Crippen LogP contribution in [0, 0.1) is 5.41 Å². The van der Waals surface area contributed by atoms with Gasteiger partial charge in [0.05, 0.1) is 17.1 Å². The molecule has 0 atom stereocenters. The summed E-state index contributed by atoms with van der Waals surface area (Å²) in [5.41, 5.74) is 0.618. The maximum absolute atomic E-state index is 12.4. The number of hydrogen-bond acceptors (Lipinski definition) is 5. The highest BCUT2D eigenvalue weighted by molar-refractivity contribution is 7.16. The van der Waals surface area contributed by atoms with Gasteiger partial charge in [-0.3, -0.25) is 14.9 Å². The van der Waals surface area contributed by atoms with Crippen molar-refractivity contribution in [3.63, 3.8) is 0 Å². The molecular formula is C16H19N3O2S2. The Bertz CT molecular complexity index is 729. The number of aromatic nitrogens is 1. The van der Waals surface area contributed by atoms with E-state index in [2.05, 4.69) is 10.3 Å². The van der Waals surface area contributed by atoms with Crippen LogP contribution in [0.4, 0.5) is 5.13 Å². The van der Waals surface area contributed by atoms with Crippen LogP contribution in [0.1, 0.15) is 41.0 Å². The van der Waals surface area contributed by atoms with Crippen LogP contribution >= 0.6 is 22.7 Å². The summed E-state index contributed by atoms with van der Waals surface area (Å²) in [6, 6.07) is 3.64. The quantitative estimate of drug-likeness (QED) is 0.904. The zero-order chi connectivity index (χ0) is 16.6. The molecule has 1 aliphatic heterocycles. The molecule has 0 fully saturated rings. The molecule has 1 aliphatic rings. The fourth-order valence-corrected chi connectivity index (χ4v) is 4.10. The second-order valence-corrected chi connectivity index (χ2v) is 8.58. The van der Waals surface area contributed by atoms with Crippen molar-refractivity contribution < 1.29 is 9.59 Å². The van der Waals surface area contributed by atoms with Gasteiger partial charge in [-0.25, -0.2) is 4.98 Å². The van der Waals surface area contributed by atoms with Gasteiger partial charge in [-0.1, -0.05) is 38.2 Å². The molecule has 0 aliphatic carbocycles. The number of amides is 2. The molecule has 0 unspecified atom stereocenters. The Labute approximate surface area is 143 Å². The topological polar surface area (TPSA) is 62.3 Å². The number of thiazole rings is 1. The van der Waals surface area contributed by atoms with Crippen molar-refractivity contribution in [2.24, 2.45) is 5.41 Å². The van der Waals surface area contributed by atoms with Crippen molar-refractivity contribution in [3.8, 4) is 0 Å². The van der Waals surface area contributed by atoms with E-state index in [1.807, 2.05) is 37.1 Å². The van der Waals surface area contributed by atoms with Gasteiger partial charge in [0.2, 0.25) is 5.91 Å². The lowest BCUT2D eigenvalue weighted by Gasteiger charge is -2.31. The number of rotatable bonds is 2. The van der Waals surface area contributed by atoms with Gasteiger partial charge in [-0.15, -0.1) is 11.3 Å². The van der Waals surface area contributed by atoms with E-state index >= 15 is 0 Å². The van der Waals surface area contributed by atoms with Crippen molar-refractivity contribution in [2.45, 2.75) is 33.7 Å². The summed E-state index contributed by atoms with van der Waals surface area (Å²) in [4.78, 5) is 32.6. The van der Waals surface area contributed by atoms with Gasteiger partial charge in [-0.2, -0.15) is 0 Å². The Balaban J connectivity index is 1.72. The maximum atomic E-state index is 12.4. The Morgan fingerprint density at radius 2 is 2.13 bits per heavy atom. The van der Waals surface area contributed by atoms with Crippen molar-refractivity contribution >= 4 is 39.6 Å². The zero-order valence-electron chi connectivity index (χ0n) is 13.4. The van der Waals surface area contributed by atoms with E-state index < -0.39 is 0 Å². The van der Waals surface area contributed by atoms with Crippen LogP contribution in [-0.4, -0.2) is 28.2 Å². The molecule has 7 heteroatoms. The summed E-state index contributed by atoms with van der Waals surface area (Å²) in [6.45, 7) is 7.07. The third kappa shape index (κ3) is 3.45. The van der Waals surface area contributed by atoms with Crippen molar-refractivity contribution in [3.05, 3.63) is 33.0 Å². The van der Waals surface area contributed by atoms with Crippen LogP contribution < -0.4 is 5.32 Å². The number of thiophene rings is 1. The van der Waals surface area contributed by atoms with Gasteiger partial charge < -0.3 is 4.90 Å². The molecule has 0 radical (unpaired) electrons. The number of fused-ring (bicyclic) bond motifs is 1. The van der Waals surface area contributed by atoms with E-state index in [4.69, 9.17) is 0 Å². The first-order valence-electron chi connectivity index (χ1n) is 7.47. The zero-order valence-corrected chi connectivity index (χ0v) is 15.0. The predicted molar refractivity (Wildman–Crippen MR) is 93.0 cm³/mol. The molecule has 2 aromatic heterocycles. The second kappa shape index (κ2) is 6.05. The molecule has 0 spiro atoms. The summed E-state index contributed by atoms with van der Waals surface area (Å²) in [6.07, 6.45) is 0.739. The molecule has 0 saturated heterocycles. The van der Waals surface area contributed by atoms with Gasteiger partial charge in [0.15, 0.2) is 5.13 Å². The van der Waals surface area contributed by atoms with Gasteiger partial charge >= 0.3 is 0 Å². The first kappa shape index (κ1) is 16.1. The number of nitrogens with one attached hydrogen (secondary N) is 1. The van der Waals surface area contributed by atoms with E-state index in [1.165, 1.54) is 22.7 Å². The molecule has 3 heterocycles. The molecule has 0 aromatic carbocycles. The monoisotopic (exact) mass is 349 g/mol. The molecule has 2 aromatic rings. The van der Waals surface area contributed by atoms with E-state index in [0.717, 1.165) is 17.0 Å². The van der Waals surface area contributed by atoms with Crippen LogP contribution in [-0.2, 0) is 17.8 Å². The van der Waals surface area contributed by atoms with Crippen LogP contribution in [0.25, 0.3) is 0 Å². The van der Waals surface area contributed by atoms with Crippen molar-refractivity contribution in [2.75, 3.05) is 11.9 Å². The smallest absolute Gasteiger partial charge is 0.267 e. The van der Waals surface area contributed by atoms with Crippen molar-refractivity contribution in [1.82, 2.24) is 9.88 Å². The standard InChI is InChI=1S/C16H19N3O2S2/c1-16(2,3)14(21)19-7-6-10-12(9-19)23-15(17-10)18-13(20)11-5-4-8-22-11/h4-5,8H,6-7,9H2,1-3H3,(H,17,18,20). The first-order valence-corrected chi connectivity index (χ1v) is 9.17. The van der Waals surface area contributed by atoms with E-state index in [9.17, 15) is 9.59 Å². The van der Waals surface area contributed by atoms with Crippen LogP contribution in [0.15, 0.2) is 17.5 Å². The largest absolute Gasteiger partial charge is 0.337 e. The van der Waals surface area contributed by atoms with Crippen molar-refractivity contribution in [1.29, 1.82) is 0 Å². The summed E-state index contributed by atoms with van der Waals surface area (Å²) in [5.74, 6) is 0.0226. The summed E-state index contributed by atoms with van der Waals surface area (Å²) >= 11 is 2.86. The Morgan fingerprint density at radius 3 is 2.78 bits per heavy atom. The fourth-order valence-electron chi connectivity index (χ4n) is 2.46. The number of nitrogens with zero attached hydrogens (tertiary/aromatic N) is 2. The average Bonchev–Trinajstić information content (AvgIpc) is 3.13. The van der Waals surface area contributed by atoms with E-state index in [1.54, 1.807) is 6.07 Å². The highest BCUT2D eigenvalue weighted by Crippen LogP contribution is 2.30. The van der Waals surface area contributed by atoms with Gasteiger partial charge in [0.1, 0.15) is 0 Å². The molecule has 1 N–H and O–H groups in total. The Morgan fingerprint density at radius 1 is 1.35 bits per heavy atom. The summed E-state index contributed by atoms with van der Waals surface area (Å²) in [7, 11) is 0.